The van der Waals surface area contributed by atoms with E-state index >= 15 is 0 Å². The number of halogens is 1. The van der Waals surface area contributed by atoms with Crippen molar-refractivity contribution in [2.75, 3.05) is 53.5 Å². The molecule has 30 heavy (non-hydrogen) atoms. The number of rotatable bonds is 5. The van der Waals surface area contributed by atoms with Gasteiger partial charge in [0.2, 0.25) is 5.96 Å². The fourth-order valence-corrected chi connectivity index (χ4v) is 3.15. The zero-order valence-corrected chi connectivity index (χ0v) is 17.9. The Labute approximate surface area is 180 Å². The highest BCUT2D eigenvalue weighted by atomic mass is 35.5. The number of benzene rings is 1. The van der Waals surface area contributed by atoms with Crippen molar-refractivity contribution in [1.82, 2.24) is 14.7 Å². The molecule has 0 aliphatic carbocycles. The van der Waals surface area contributed by atoms with E-state index in [2.05, 4.69) is 34.9 Å². The first kappa shape index (κ1) is 23.7. The zero-order valence-electron chi connectivity index (χ0n) is 17.1. The summed E-state index contributed by atoms with van der Waals surface area (Å²) in [6.07, 6.45) is 1.12. The van der Waals surface area contributed by atoms with Crippen molar-refractivity contribution in [3.05, 3.63) is 40.9 Å². The Bertz CT molecular complexity index is 780. The predicted octanol–water partition coefficient (Wildman–Crippen LogP) is 1.75. The summed E-state index contributed by atoms with van der Waals surface area (Å²) in [6.45, 7) is 6.46. The number of carboxylic acids is 2. The van der Waals surface area contributed by atoms with Crippen LogP contribution in [0.15, 0.2) is 35.3 Å². The van der Waals surface area contributed by atoms with E-state index in [9.17, 15) is 9.59 Å². The van der Waals surface area contributed by atoms with Crippen LogP contribution in [-0.2, 0) is 20.9 Å². The lowest BCUT2D eigenvalue weighted by Crippen LogP contribution is -2.35. The standard InChI is InChI=1S/C16H23ClN4O.C4H4O4/c1-19-5-6-20(2)16(19)18-15-11-14(17)4-3-13(15)12-21-7-9-22-10-8-21;5-3(6)1-2-4(7)8/h3-4,11H,5-10,12H2,1-2H3;1-2H,(H,5,6)(H,7,8)/b;2-1+. The molecule has 9 nitrogen and oxygen atoms in total. The molecule has 0 unspecified atom stereocenters. The molecule has 0 atom stereocenters. The van der Waals surface area contributed by atoms with Gasteiger partial charge in [0.25, 0.3) is 0 Å². The topological polar surface area (TPSA) is 106 Å². The molecule has 164 valence electrons. The number of carboxylic acid groups (broad SMARTS) is 2. The lowest BCUT2D eigenvalue weighted by Gasteiger charge is -2.27. The maximum Gasteiger partial charge on any atom is 0.328 e. The van der Waals surface area contributed by atoms with Crippen molar-refractivity contribution in [3.63, 3.8) is 0 Å². The molecule has 2 heterocycles. The minimum absolute atomic E-state index is 0.558. The number of nitrogens with zero attached hydrogens (tertiary/aromatic N) is 4. The van der Waals surface area contributed by atoms with Crippen LogP contribution >= 0.6 is 11.6 Å². The number of likely N-dealkylation sites (N-methyl/N-ethyl adjacent to an activating group) is 2. The van der Waals surface area contributed by atoms with Crippen molar-refractivity contribution in [3.8, 4) is 0 Å². The fraction of sp³-hybridized carbons (Fsp3) is 0.450. The first-order valence-electron chi connectivity index (χ1n) is 9.49. The Morgan fingerprint density at radius 3 is 2.17 bits per heavy atom. The largest absolute Gasteiger partial charge is 0.478 e. The second kappa shape index (κ2) is 11.5. The molecule has 1 aromatic carbocycles. The van der Waals surface area contributed by atoms with Gasteiger partial charge in [-0.25, -0.2) is 14.6 Å². The van der Waals surface area contributed by atoms with Gasteiger partial charge in [0.05, 0.1) is 18.9 Å². The smallest absolute Gasteiger partial charge is 0.328 e. The molecule has 2 aliphatic heterocycles. The molecular formula is C20H27ClN4O5. The lowest BCUT2D eigenvalue weighted by atomic mass is 10.1. The summed E-state index contributed by atoms with van der Waals surface area (Å²) in [6, 6.07) is 6.00. The molecule has 10 heteroatoms. The van der Waals surface area contributed by atoms with Gasteiger partial charge in [0, 0.05) is 64.0 Å². The van der Waals surface area contributed by atoms with E-state index in [4.69, 9.17) is 31.5 Å². The van der Waals surface area contributed by atoms with Crippen LogP contribution in [0.1, 0.15) is 5.56 Å². The van der Waals surface area contributed by atoms with Crippen LogP contribution in [0, 0.1) is 0 Å². The van der Waals surface area contributed by atoms with Crippen LogP contribution in [-0.4, -0.2) is 96.3 Å². The molecule has 0 spiro atoms. The third-order valence-electron chi connectivity index (χ3n) is 4.59. The Morgan fingerprint density at radius 2 is 1.63 bits per heavy atom. The Kier molecular flexibility index (Phi) is 9.10. The van der Waals surface area contributed by atoms with E-state index < -0.39 is 11.9 Å². The SMILES string of the molecule is CN1CCN(C)C1=Nc1cc(Cl)ccc1CN1CCOCC1.O=C(O)/C=C/C(=O)O. The molecule has 3 rings (SSSR count). The molecule has 2 saturated heterocycles. The Hall–Kier alpha value is -2.62. The van der Waals surface area contributed by atoms with Gasteiger partial charge >= 0.3 is 11.9 Å². The number of morpholine rings is 1. The molecule has 0 saturated carbocycles. The highest BCUT2D eigenvalue weighted by molar-refractivity contribution is 6.30. The average Bonchev–Trinajstić information content (AvgIpc) is 3.02. The van der Waals surface area contributed by atoms with Gasteiger partial charge in [0.15, 0.2) is 0 Å². The van der Waals surface area contributed by atoms with Crippen molar-refractivity contribution in [1.29, 1.82) is 0 Å². The fourth-order valence-electron chi connectivity index (χ4n) is 2.99. The van der Waals surface area contributed by atoms with Crippen LogP contribution in [0.5, 0.6) is 0 Å². The maximum atomic E-state index is 9.55. The number of aliphatic imine (C=N–C) groups is 1. The molecule has 0 amide bonds. The maximum absolute atomic E-state index is 9.55. The van der Waals surface area contributed by atoms with E-state index in [1.54, 1.807) is 0 Å². The molecule has 0 bridgehead atoms. The van der Waals surface area contributed by atoms with E-state index in [0.29, 0.717) is 12.2 Å². The van der Waals surface area contributed by atoms with Crippen LogP contribution in [0.3, 0.4) is 0 Å². The van der Waals surface area contributed by atoms with Crippen molar-refractivity contribution < 1.29 is 24.5 Å². The van der Waals surface area contributed by atoms with Crippen LogP contribution in [0.2, 0.25) is 5.02 Å². The molecule has 0 aromatic heterocycles. The summed E-state index contributed by atoms with van der Waals surface area (Å²) >= 11 is 6.19. The predicted molar refractivity (Wildman–Crippen MR) is 114 cm³/mol. The van der Waals surface area contributed by atoms with Crippen LogP contribution < -0.4 is 0 Å². The van der Waals surface area contributed by atoms with Gasteiger partial charge in [-0.15, -0.1) is 0 Å². The van der Waals surface area contributed by atoms with E-state index in [-0.39, 0.29) is 0 Å². The lowest BCUT2D eigenvalue weighted by molar-refractivity contribution is -0.134. The zero-order chi connectivity index (χ0) is 22.1. The average molecular weight is 439 g/mol. The summed E-state index contributed by atoms with van der Waals surface area (Å²) in [5.74, 6) is -1.51. The summed E-state index contributed by atoms with van der Waals surface area (Å²) in [4.78, 5) is 30.7. The van der Waals surface area contributed by atoms with Gasteiger partial charge < -0.3 is 24.7 Å². The third kappa shape index (κ3) is 7.66. The Morgan fingerprint density at radius 1 is 1.07 bits per heavy atom. The molecular weight excluding hydrogens is 412 g/mol. The molecule has 2 aliphatic rings. The quantitative estimate of drug-likeness (QED) is 0.670. The third-order valence-corrected chi connectivity index (χ3v) is 4.82. The normalized spacial score (nSPS) is 17.1. The Balaban J connectivity index is 0.000000343. The second-order valence-corrected chi connectivity index (χ2v) is 7.36. The summed E-state index contributed by atoms with van der Waals surface area (Å²) < 4.78 is 5.42. The summed E-state index contributed by atoms with van der Waals surface area (Å²) in [5, 5.41) is 16.4. The monoisotopic (exact) mass is 438 g/mol. The number of aliphatic carboxylic acids is 2. The van der Waals surface area contributed by atoms with Crippen LogP contribution in [0.4, 0.5) is 5.69 Å². The van der Waals surface area contributed by atoms with Gasteiger partial charge in [-0.05, 0) is 17.7 Å². The minimum Gasteiger partial charge on any atom is -0.478 e. The summed E-state index contributed by atoms with van der Waals surface area (Å²) in [5.41, 5.74) is 2.18. The van der Waals surface area contributed by atoms with Gasteiger partial charge in [-0.3, -0.25) is 4.90 Å². The summed E-state index contributed by atoms with van der Waals surface area (Å²) in [7, 11) is 4.16. The highest BCUT2D eigenvalue weighted by Gasteiger charge is 2.21. The van der Waals surface area contributed by atoms with Crippen molar-refractivity contribution in [2.45, 2.75) is 6.54 Å². The molecule has 0 radical (unpaired) electrons. The van der Waals surface area contributed by atoms with Gasteiger partial charge in [0.1, 0.15) is 0 Å². The molecule has 1 aromatic rings. The van der Waals surface area contributed by atoms with Gasteiger partial charge in [-0.1, -0.05) is 17.7 Å². The highest BCUT2D eigenvalue weighted by Crippen LogP contribution is 2.27. The van der Waals surface area contributed by atoms with E-state index in [0.717, 1.165) is 62.6 Å². The first-order chi connectivity index (χ1) is 14.3. The molecule has 2 N–H and O–H groups in total. The number of hydrogen-bond acceptors (Lipinski definition) is 5. The number of hydrogen-bond donors (Lipinski definition) is 2. The van der Waals surface area contributed by atoms with E-state index in [1.165, 1.54) is 5.56 Å². The van der Waals surface area contributed by atoms with E-state index in [1.807, 2.05) is 12.1 Å². The number of carbonyl (C=O) groups is 2. The van der Waals surface area contributed by atoms with Crippen molar-refractivity contribution >= 4 is 35.2 Å². The first-order valence-corrected chi connectivity index (χ1v) is 9.87. The number of ether oxygens (including phenoxy) is 1. The van der Waals surface area contributed by atoms with Gasteiger partial charge in [-0.2, -0.15) is 0 Å². The second-order valence-electron chi connectivity index (χ2n) is 6.93. The minimum atomic E-state index is -1.26. The van der Waals surface area contributed by atoms with Crippen molar-refractivity contribution in [2.24, 2.45) is 4.99 Å². The molecule has 2 fully saturated rings. The van der Waals surface area contributed by atoms with Crippen LogP contribution in [0.25, 0.3) is 0 Å². The number of guanidine groups is 1.